The maximum atomic E-state index is 13.1. The minimum Gasteiger partial charge on any atom is -0.376 e. The molecule has 0 bridgehead atoms. The van der Waals surface area contributed by atoms with E-state index in [2.05, 4.69) is 10.5 Å². The Labute approximate surface area is 184 Å². The second kappa shape index (κ2) is 10.6. The van der Waals surface area contributed by atoms with E-state index < -0.39 is 0 Å². The van der Waals surface area contributed by atoms with Crippen molar-refractivity contribution in [3.05, 3.63) is 41.1 Å². The van der Waals surface area contributed by atoms with Gasteiger partial charge in [-0.3, -0.25) is 9.59 Å². The van der Waals surface area contributed by atoms with Crippen LogP contribution in [-0.2, 0) is 9.53 Å². The van der Waals surface area contributed by atoms with Gasteiger partial charge in [-0.05, 0) is 44.2 Å². The van der Waals surface area contributed by atoms with Gasteiger partial charge in [-0.1, -0.05) is 36.7 Å². The lowest BCUT2D eigenvalue weighted by molar-refractivity contribution is -0.121. The molecule has 2 aromatic rings. The molecule has 0 saturated carbocycles. The zero-order chi connectivity index (χ0) is 22.4. The monoisotopic (exact) mass is 427 g/mol. The molecule has 3 rings (SSSR count). The number of carbonyl (C=O) groups excluding carboxylic acids is 2. The maximum Gasteiger partial charge on any atom is 0.276 e. The fourth-order valence-electron chi connectivity index (χ4n) is 3.74. The van der Waals surface area contributed by atoms with Crippen LogP contribution in [0, 0.1) is 19.8 Å². The van der Waals surface area contributed by atoms with Crippen LogP contribution in [0.1, 0.15) is 54.7 Å². The number of hydrogen-bond acceptors (Lipinski definition) is 5. The molecule has 1 aliphatic rings. The van der Waals surface area contributed by atoms with Crippen molar-refractivity contribution >= 4 is 11.8 Å². The number of aromatic nitrogens is 1. The minimum absolute atomic E-state index is 0.0757. The molecule has 0 unspecified atom stereocenters. The van der Waals surface area contributed by atoms with Crippen LogP contribution in [0.5, 0.6) is 0 Å². The first-order valence-corrected chi connectivity index (χ1v) is 11.1. The van der Waals surface area contributed by atoms with Crippen LogP contribution < -0.4 is 5.32 Å². The number of aryl methyl sites for hydroxylation is 2. The minimum atomic E-state index is -0.221. The summed E-state index contributed by atoms with van der Waals surface area (Å²) < 4.78 is 11.0. The van der Waals surface area contributed by atoms with Crippen LogP contribution in [0.4, 0.5) is 0 Å². The van der Waals surface area contributed by atoms with E-state index in [0.29, 0.717) is 25.4 Å². The first-order chi connectivity index (χ1) is 14.8. The Morgan fingerprint density at radius 2 is 2.06 bits per heavy atom. The van der Waals surface area contributed by atoms with E-state index in [9.17, 15) is 9.59 Å². The maximum absolute atomic E-state index is 13.1. The number of nitrogens with one attached hydrogen (secondary N) is 1. The van der Waals surface area contributed by atoms with Gasteiger partial charge in [-0.15, -0.1) is 0 Å². The quantitative estimate of drug-likeness (QED) is 0.659. The van der Waals surface area contributed by atoms with Crippen LogP contribution in [0.2, 0.25) is 0 Å². The van der Waals surface area contributed by atoms with Crippen molar-refractivity contribution in [3.63, 3.8) is 0 Å². The van der Waals surface area contributed by atoms with E-state index in [1.54, 1.807) is 11.0 Å². The molecule has 7 nitrogen and oxygen atoms in total. The summed E-state index contributed by atoms with van der Waals surface area (Å²) in [7, 11) is 0. The molecule has 1 aromatic heterocycles. The number of nitrogens with zero attached hydrogens (tertiary/aromatic N) is 2. The molecule has 0 spiro atoms. The van der Waals surface area contributed by atoms with E-state index in [4.69, 9.17) is 9.26 Å². The molecule has 1 atom stereocenters. The molecule has 31 heavy (non-hydrogen) atoms. The van der Waals surface area contributed by atoms with Crippen LogP contribution in [0.3, 0.4) is 0 Å². The average Bonchev–Trinajstić information content (AvgIpc) is 3.42. The second-order valence-corrected chi connectivity index (χ2v) is 8.73. The predicted octanol–water partition coefficient (Wildman–Crippen LogP) is 3.74. The van der Waals surface area contributed by atoms with Gasteiger partial charge >= 0.3 is 0 Å². The Hall–Kier alpha value is -2.67. The second-order valence-electron chi connectivity index (χ2n) is 8.73. The zero-order valence-electron chi connectivity index (χ0n) is 18.9. The first-order valence-electron chi connectivity index (χ1n) is 11.1. The van der Waals surface area contributed by atoms with E-state index >= 15 is 0 Å². The molecule has 7 heteroatoms. The Morgan fingerprint density at radius 3 is 2.77 bits per heavy atom. The highest BCUT2D eigenvalue weighted by molar-refractivity contribution is 5.93. The van der Waals surface area contributed by atoms with Crippen LogP contribution in [0.15, 0.2) is 28.8 Å². The van der Waals surface area contributed by atoms with Crippen molar-refractivity contribution in [2.45, 2.75) is 53.1 Å². The topological polar surface area (TPSA) is 84.7 Å². The Bertz CT molecular complexity index is 900. The molecular weight excluding hydrogens is 394 g/mol. The molecule has 1 aromatic carbocycles. The SMILES string of the molecule is Cc1ccc(C)c(-c2cc(C(=O)N(CCC(=O)NC[C@H]3CCCO3)CC(C)C)no2)c1. The summed E-state index contributed by atoms with van der Waals surface area (Å²) in [5, 5.41) is 6.94. The summed E-state index contributed by atoms with van der Waals surface area (Å²) in [5.41, 5.74) is 3.36. The van der Waals surface area contributed by atoms with E-state index in [1.807, 2.05) is 45.9 Å². The standard InChI is InChI=1S/C24H33N3O4/c1-16(2)15-27(10-9-23(28)25-14-19-6-5-11-30-19)24(29)21-13-22(31-26-21)20-12-17(3)7-8-18(20)4/h7-8,12-13,16,19H,5-6,9-11,14-15H2,1-4H3,(H,25,28)/t19-/m1/s1. The van der Waals surface area contributed by atoms with Crippen LogP contribution in [-0.4, -0.2) is 54.2 Å². The number of hydrogen-bond donors (Lipinski definition) is 1. The normalized spacial score (nSPS) is 16.0. The van der Waals surface area contributed by atoms with Gasteiger partial charge in [0.15, 0.2) is 11.5 Å². The molecule has 2 amide bonds. The third-order valence-electron chi connectivity index (χ3n) is 5.42. The van der Waals surface area contributed by atoms with E-state index in [0.717, 1.165) is 36.1 Å². The first kappa shape index (κ1) is 23.0. The fourth-order valence-corrected chi connectivity index (χ4v) is 3.74. The van der Waals surface area contributed by atoms with Crippen molar-refractivity contribution in [1.29, 1.82) is 0 Å². The molecule has 0 radical (unpaired) electrons. The van der Waals surface area contributed by atoms with Gasteiger partial charge in [0, 0.05) is 44.3 Å². The summed E-state index contributed by atoms with van der Waals surface area (Å²) in [6.07, 6.45) is 2.37. The lowest BCUT2D eigenvalue weighted by Crippen LogP contribution is -2.39. The molecule has 1 aliphatic heterocycles. The largest absolute Gasteiger partial charge is 0.376 e. The molecule has 0 aliphatic carbocycles. The number of rotatable bonds is 9. The van der Waals surface area contributed by atoms with Crippen molar-refractivity contribution in [1.82, 2.24) is 15.4 Å². The smallest absolute Gasteiger partial charge is 0.276 e. The van der Waals surface area contributed by atoms with Crippen LogP contribution in [0.25, 0.3) is 11.3 Å². The number of benzene rings is 1. The van der Waals surface area contributed by atoms with Crippen LogP contribution >= 0.6 is 0 Å². The van der Waals surface area contributed by atoms with Gasteiger partial charge < -0.3 is 19.5 Å². The van der Waals surface area contributed by atoms with Gasteiger partial charge in [0.2, 0.25) is 5.91 Å². The number of amides is 2. The highest BCUT2D eigenvalue weighted by Crippen LogP contribution is 2.26. The van der Waals surface area contributed by atoms with Crippen molar-refractivity contribution in [2.24, 2.45) is 5.92 Å². The van der Waals surface area contributed by atoms with Gasteiger partial charge in [0.05, 0.1) is 6.10 Å². The highest BCUT2D eigenvalue weighted by atomic mass is 16.5. The highest BCUT2D eigenvalue weighted by Gasteiger charge is 2.23. The summed E-state index contributed by atoms with van der Waals surface area (Å²) in [4.78, 5) is 27.1. The van der Waals surface area contributed by atoms with Gasteiger partial charge in [0.25, 0.3) is 5.91 Å². The molecule has 1 N–H and O–H groups in total. The summed E-state index contributed by atoms with van der Waals surface area (Å²) in [5.74, 6) is 0.543. The van der Waals surface area contributed by atoms with E-state index in [1.165, 1.54) is 0 Å². The number of ether oxygens (including phenoxy) is 1. The molecule has 1 saturated heterocycles. The van der Waals surface area contributed by atoms with E-state index in [-0.39, 0.29) is 36.0 Å². The Kier molecular flexibility index (Phi) is 7.85. The van der Waals surface area contributed by atoms with Gasteiger partial charge in [-0.25, -0.2) is 0 Å². The molecule has 1 fully saturated rings. The molecular formula is C24H33N3O4. The lowest BCUT2D eigenvalue weighted by atomic mass is 10.0. The van der Waals surface area contributed by atoms with Crippen molar-refractivity contribution in [3.8, 4) is 11.3 Å². The lowest BCUT2D eigenvalue weighted by Gasteiger charge is -2.23. The third kappa shape index (κ3) is 6.40. The summed E-state index contributed by atoms with van der Waals surface area (Å²) >= 11 is 0. The van der Waals surface area contributed by atoms with Gasteiger partial charge in [-0.2, -0.15) is 0 Å². The fraction of sp³-hybridized carbons (Fsp3) is 0.542. The molecule has 168 valence electrons. The molecule has 2 heterocycles. The van der Waals surface area contributed by atoms with Crippen molar-refractivity contribution in [2.75, 3.05) is 26.2 Å². The predicted molar refractivity (Wildman–Crippen MR) is 119 cm³/mol. The average molecular weight is 428 g/mol. The summed E-state index contributed by atoms with van der Waals surface area (Å²) in [6, 6.07) is 7.77. The zero-order valence-corrected chi connectivity index (χ0v) is 18.9. The number of carbonyl (C=O) groups is 2. The summed E-state index contributed by atoms with van der Waals surface area (Å²) in [6.45, 7) is 10.3. The van der Waals surface area contributed by atoms with Crippen molar-refractivity contribution < 1.29 is 18.8 Å². The third-order valence-corrected chi connectivity index (χ3v) is 5.42. The Balaban J connectivity index is 1.63. The Morgan fingerprint density at radius 1 is 1.26 bits per heavy atom. The van der Waals surface area contributed by atoms with Gasteiger partial charge in [0.1, 0.15) is 0 Å².